The fourth-order valence-electron chi connectivity index (χ4n) is 1.33. The minimum atomic E-state index is -0.353. The van der Waals surface area contributed by atoms with Crippen molar-refractivity contribution < 1.29 is 9.13 Å². The van der Waals surface area contributed by atoms with Gasteiger partial charge in [-0.2, -0.15) is 0 Å². The van der Waals surface area contributed by atoms with Crippen molar-refractivity contribution in [3.63, 3.8) is 0 Å². The van der Waals surface area contributed by atoms with Gasteiger partial charge in [-0.25, -0.2) is 9.37 Å². The van der Waals surface area contributed by atoms with Gasteiger partial charge in [-0.3, -0.25) is 4.98 Å². The van der Waals surface area contributed by atoms with E-state index in [1.807, 2.05) is 6.92 Å². The molecule has 0 aliphatic rings. The van der Waals surface area contributed by atoms with Crippen molar-refractivity contribution >= 4 is 0 Å². The molecule has 1 aromatic carbocycles. The summed E-state index contributed by atoms with van der Waals surface area (Å²) in [4.78, 5) is 8.07. The molecule has 2 rings (SSSR count). The summed E-state index contributed by atoms with van der Waals surface area (Å²) in [5.41, 5.74) is 6.90. The molecule has 0 saturated carbocycles. The van der Waals surface area contributed by atoms with Crippen LogP contribution in [0.3, 0.4) is 0 Å². The number of rotatable bonds is 3. The molecule has 0 bridgehead atoms. The van der Waals surface area contributed by atoms with Crippen LogP contribution in [0.2, 0.25) is 0 Å². The van der Waals surface area contributed by atoms with E-state index in [4.69, 9.17) is 10.5 Å². The van der Waals surface area contributed by atoms with Crippen LogP contribution in [0.1, 0.15) is 11.3 Å². The topological polar surface area (TPSA) is 61.0 Å². The van der Waals surface area contributed by atoms with Crippen molar-refractivity contribution in [2.45, 2.75) is 13.5 Å². The van der Waals surface area contributed by atoms with E-state index in [0.29, 0.717) is 17.3 Å². The Morgan fingerprint density at radius 1 is 1.35 bits per heavy atom. The van der Waals surface area contributed by atoms with Gasteiger partial charge < -0.3 is 10.5 Å². The van der Waals surface area contributed by atoms with Crippen LogP contribution < -0.4 is 10.5 Å². The summed E-state index contributed by atoms with van der Waals surface area (Å²) < 4.78 is 18.5. The van der Waals surface area contributed by atoms with Crippen LogP contribution >= 0.6 is 0 Å². The maximum absolute atomic E-state index is 13.1. The summed E-state index contributed by atoms with van der Waals surface area (Å²) in [6, 6.07) is 4.33. The zero-order chi connectivity index (χ0) is 12.3. The van der Waals surface area contributed by atoms with Crippen molar-refractivity contribution in [2.24, 2.45) is 5.73 Å². The van der Waals surface area contributed by atoms with Crippen LogP contribution in [0.15, 0.2) is 30.6 Å². The van der Waals surface area contributed by atoms with Crippen LogP contribution in [-0.4, -0.2) is 9.97 Å². The summed E-state index contributed by atoms with van der Waals surface area (Å²) >= 11 is 0. The molecule has 0 fully saturated rings. The van der Waals surface area contributed by atoms with Gasteiger partial charge in [0, 0.05) is 18.8 Å². The number of aryl methyl sites for hydroxylation is 1. The Hall–Kier alpha value is -2.01. The lowest BCUT2D eigenvalue weighted by Crippen LogP contribution is -2.01. The Morgan fingerprint density at radius 3 is 2.94 bits per heavy atom. The first kappa shape index (κ1) is 11.5. The van der Waals surface area contributed by atoms with Crippen LogP contribution in [0.25, 0.3) is 0 Å². The van der Waals surface area contributed by atoms with Crippen molar-refractivity contribution in [1.82, 2.24) is 9.97 Å². The molecule has 0 aliphatic carbocycles. The largest absolute Gasteiger partial charge is 0.437 e. The first-order chi connectivity index (χ1) is 8.19. The van der Waals surface area contributed by atoms with Crippen molar-refractivity contribution in [2.75, 3.05) is 0 Å². The highest BCUT2D eigenvalue weighted by molar-refractivity contribution is 5.35. The van der Waals surface area contributed by atoms with Gasteiger partial charge in [-0.15, -0.1) is 0 Å². The Labute approximate surface area is 98.3 Å². The zero-order valence-corrected chi connectivity index (χ0v) is 9.35. The predicted molar refractivity (Wildman–Crippen MR) is 61.1 cm³/mol. The third kappa shape index (κ3) is 2.76. The Bertz CT molecular complexity index is 531. The fraction of sp³-hybridized carbons (Fsp3) is 0.167. The lowest BCUT2D eigenvalue weighted by molar-refractivity contribution is 0.449. The number of hydrogen-bond donors (Lipinski definition) is 1. The van der Waals surface area contributed by atoms with Crippen molar-refractivity contribution in [3.05, 3.63) is 47.7 Å². The summed E-state index contributed by atoms with van der Waals surface area (Å²) in [6.07, 6.45) is 3.02. The standard InChI is InChI=1S/C12H12FN3O/c1-8-2-3-9(13)4-11(8)17-12-7-15-6-10(5-14)16-12/h2-4,6-7H,5,14H2,1H3. The van der Waals surface area contributed by atoms with Crippen molar-refractivity contribution in [1.29, 1.82) is 0 Å². The second-order valence-electron chi connectivity index (χ2n) is 3.56. The van der Waals surface area contributed by atoms with E-state index >= 15 is 0 Å². The molecule has 1 aromatic heterocycles. The Morgan fingerprint density at radius 2 is 2.18 bits per heavy atom. The second-order valence-corrected chi connectivity index (χ2v) is 3.56. The summed E-state index contributed by atoms with van der Waals surface area (Å²) in [7, 11) is 0. The molecule has 88 valence electrons. The van der Waals surface area contributed by atoms with Gasteiger partial charge in [0.1, 0.15) is 11.6 Å². The molecule has 0 aliphatic heterocycles. The first-order valence-corrected chi connectivity index (χ1v) is 5.14. The van der Waals surface area contributed by atoms with Gasteiger partial charge in [0.05, 0.1) is 11.9 Å². The van der Waals surface area contributed by atoms with E-state index < -0.39 is 0 Å². The molecule has 2 N–H and O–H groups in total. The van der Waals surface area contributed by atoms with Gasteiger partial charge in [0.15, 0.2) is 0 Å². The van der Waals surface area contributed by atoms with Gasteiger partial charge >= 0.3 is 0 Å². The molecule has 5 heteroatoms. The molecular weight excluding hydrogens is 221 g/mol. The van der Waals surface area contributed by atoms with Crippen LogP contribution in [0.5, 0.6) is 11.6 Å². The number of benzene rings is 1. The highest BCUT2D eigenvalue weighted by atomic mass is 19.1. The highest BCUT2D eigenvalue weighted by Gasteiger charge is 2.05. The number of nitrogens with zero attached hydrogens (tertiary/aromatic N) is 2. The van der Waals surface area contributed by atoms with E-state index in [2.05, 4.69) is 9.97 Å². The Kier molecular flexibility index (Phi) is 3.30. The van der Waals surface area contributed by atoms with Crippen LogP contribution in [0, 0.1) is 12.7 Å². The normalized spacial score (nSPS) is 10.3. The molecular formula is C12H12FN3O. The number of aromatic nitrogens is 2. The lowest BCUT2D eigenvalue weighted by Gasteiger charge is -2.08. The van der Waals surface area contributed by atoms with E-state index in [-0.39, 0.29) is 12.4 Å². The summed E-state index contributed by atoms with van der Waals surface area (Å²) in [6.45, 7) is 2.11. The molecule has 0 unspecified atom stereocenters. The van der Waals surface area contributed by atoms with Crippen LogP contribution in [-0.2, 0) is 6.54 Å². The third-order valence-corrected chi connectivity index (χ3v) is 2.24. The van der Waals surface area contributed by atoms with E-state index in [9.17, 15) is 4.39 Å². The second kappa shape index (κ2) is 4.88. The highest BCUT2D eigenvalue weighted by Crippen LogP contribution is 2.23. The molecule has 2 aromatic rings. The quantitative estimate of drug-likeness (QED) is 0.882. The summed E-state index contributed by atoms with van der Waals surface area (Å²) in [5.74, 6) is 0.378. The zero-order valence-electron chi connectivity index (χ0n) is 9.35. The lowest BCUT2D eigenvalue weighted by atomic mass is 10.2. The molecule has 0 spiro atoms. The van der Waals surface area contributed by atoms with E-state index in [0.717, 1.165) is 5.56 Å². The van der Waals surface area contributed by atoms with Gasteiger partial charge in [0.25, 0.3) is 0 Å². The van der Waals surface area contributed by atoms with E-state index in [1.165, 1.54) is 18.3 Å². The minimum absolute atomic E-state index is 0.284. The third-order valence-electron chi connectivity index (χ3n) is 2.24. The number of ether oxygens (including phenoxy) is 1. The average molecular weight is 233 g/mol. The monoisotopic (exact) mass is 233 g/mol. The summed E-state index contributed by atoms with van der Waals surface area (Å²) in [5, 5.41) is 0. The molecule has 0 atom stereocenters. The predicted octanol–water partition coefficient (Wildman–Crippen LogP) is 2.18. The molecule has 4 nitrogen and oxygen atoms in total. The minimum Gasteiger partial charge on any atom is -0.437 e. The number of hydrogen-bond acceptors (Lipinski definition) is 4. The first-order valence-electron chi connectivity index (χ1n) is 5.14. The van der Waals surface area contributed by atoms with Gasteiger partial charge in [-0.1, -0.05) is 6.07 Å². The number of halogens is 1. The van der Waals surface area contributed by atoms with Crippen molar-refractivity contribution in [3.8, 4) is 11.6 Å². The Balaban J connectivity index is 2.27. The molecule has 1 heterocycles. The SMILES string of the molecule is Cc1ccc(F)cc1Oc1cncc(CN)n1. The van der Waals surface area contributed by atoms with Crippen LogP contribution in [0.4, 0.5) is 4.39 Å². The van der Waals surface area contributed by atoms with Gasteiger partial charge in [0.2, 0.25) is 5.88 Å². The smallest absolute Gasteiger partial charge is 0.238 e. The average Bonchev–Trinajstić information content (AvgIpc) is 2.34. The maximum atomic E-state index is 13.1. The molecule has 17 heavy (non-hydrogen) atoms. The molecule has 0 saturated heterocycles. The molecule has 0 amide bonds. The fourth-order valence-corrected chi connectivity index (χ4v) is 1.33. The molecule has 0 radical (unpaired) electrons. The van der Waals surface area contributed by atoms with E-state index in [1.54, 1.807) is 12.3 Å². The number of nitrogens with two attached hydrogens (primary N) is 1. The van der Waals surface area contributed by atoms with Gasteiger partial charge in [-0.05, 0) is 18.6 Å². The maximum Gasteiger partial charge on any atom is 0.238 e.